The first-order valence-electron chi connectivity index (χ1n) is 8.71. The number of aromatic carboxylic acids is 1. The minimum absolute atomic E-state index is 0.0597. The molecule has 0 unspecified atom stereocenters. The Morgan fingerprint density at radius 1 is 1.10 bits per heavy atom. The van der Waals surface area contributed by atoms with Gasteiger partial charge >= 0.3 is 5.97 Å². The Hall–Kier alpha value is -3.73. The van der Waals surface area contributed by atoms with Gasteiger partial charge in [0.2, 0.25) is 11.9 Å². The second-order valence-corrected chi connectivity index (χ2v) is 6.21. The smallest absolute Gasteiger partial charge is 0.335 e. The summed E-state index contributed by atoms with van der Waals surface area (Å²) < 4.78 is 20.0. The first-order chi connectivity index (χ1) is 14.0. The minimum atomic E-state index is -1.22. The number of nitrogens with two attached hydrogens (primary N) is 1. The number of halogens is 1. The lowest BCUT2D eigenvalue weighted by Gasteiger charge is -2.27. The van der Waals surface area contributed by atoms with Crippen LogP contribution < -0.4 is 10.6 Å². The first kappa shape index (κ1) is 18.6. The van der Waals surface area contributed by atoms with Crippen molar-refractivity contribution in [2.24, 2.45) is 0 Å². The van der Waals surface area contributed by atoms with E-state index in [1.165, 1.54) is 24.5 Å². The molecule has 0 atom stereocenters. The second-order valence-electron chi connectivity index (χ2n) is 6.21. The minimum Gasteiger partial charge on any atom is -0.478 e. The Kier molecular flexibility index (Phi) is 4.96. The number of hydrogen-bond donors (Lipinski definition) is 2. The lowest BCUT2D eigenvalue weighted by Crippen LogP contribution is -2.37. The van der Waals surface area contributed by atoms with Crippen LogP contribution in [0, 0.1) is 5.82 Å². The fourth-order valence-electron chi connectivity index (χ4n) is 2.80. The molecule has 29 heavy (non-hydrogen) atoms. The highest BCUT2D eigenvalue weighted by atomic mass is 19.1. The zero-order valence-corrected chi connectivity index (χ0v) is 15.1. The van der Waals surface area contributed by atoms with Crippen LogP contribution in [0.25, 0.3) is 22.8 Å². The van der Waals surface area contributed by atoms with Crippen molar-refractivity contribution in [3.05, 3.63) is 42.0 Å². The lowest BCUT2D eigenvalue weighted by molar-refractivity contribution is 0.0696. The summed E-state index contributed by atoms with van der Waals surface area (Å²) in [6, 6.07) is 3.56. The summed E-state index contributed by atoms with van der Waals surface area (Å²) in [5.41, 5.74) is 5.92. The highest BCUT2D eigenvalue weighted by Crippen LogP contribution is 2.25. The van der Waals surface area contributed by atoms with Crippen LogP contribution in [0.2, 0.25) is 0 Å². The molecule has 1 aromatic carbocycles. The molecule has 4 rings (SSSR count). The summed E-state index contributed by atoms with van der Waals surface area (Å²) in [6.45, 7) is 2.18. The van der Waals surface area contributed by atoms with Crippen molar-refractivity contribution < 1.29 is 19.0 Å². The van der Waals surface area contributed by atoms with Gasteiger partial charge in [-0.25, -0.2) is 24.1 Å². The topological polar surface area (TPSA) is 140 Å². The van der Waals surface area contributed by atoms with E-state index in [4.69, 9.17) is 15.6 Å². The molecule has 0 spiro atoms. The van der Waals surface area contributed by atoms with Crippen LogP contribution in [0.5, 0.6) is 0 Å². The molecule has 1 saturated heterocycles. The van der Waals surface area contributed by atoms with Crippen molar-refractivity contribution >= 4 is 17.9 Å². The fourth-order valence-corrected chi connectivity index (χ4v) is 2.80. The number of nitrogens with zero attached hydrogens (tertiary/aromatic N) is 6. The van der Waals surface area contributed by atoms with Gasteiger partial charge in [-0.2, -0.15) is 9.97 Å². The van der Waals surface area contributed by atoms with E-state index in [0.29, 0.717) is 37.8 Å². The van der Waals surface area contributed by atoms with E-state index in [0.717, 1.165) is 6.07 Å². The summed E-state index contributed by atoms with van der Waals surface area (Å²) >= 11 is 0. The maximum absolute atomic E-state index is 14.6. The summed E-state index contributed by atoms with van der Waals surface area (Å²) in [4.78, 5) is 34.1. The van der Waals surface area contributed by atoms with E-state index in [-0.39, 0.29) is 28.7 Å². The van der Waals surface area contributed by atoms with Crippen LogP contribution >= 0.6 is 0 Å². The average molecular weight is 397 g/mol. The highest BCUT2D eigenvalue weighted by molar-refractivity contribution is 5.88. The first-order valence-corrected chi connectivity index (χ1v) is 8.71. The van der Waals surface area contributed by atoms with Gasteiger partial charge in [-0.15, -0.1) is 0 Å². The number of ether oxygens (including phenoxy) is 1. The SMILES string of the molecule is Nc1ncc(-c2nc(-c3ccc(C(=O)O)cc3F)nc(N3CCOCC3)n2)cn1. The summed E-state index contributed by atoms with van der Waals surface area (Å²) in [5.74, 6) is -1.19. The standard InChI is InChI=1S/C18H16FN7O3/c19-13-7-10(16(27)28)1-2-12(13)15-23-14(11-8-21-17(20)22-9-11)24-18(25-15)26-3-5-29-6-4-26/h1-2,7-9H,3-6H2,(H,27,28)(H2,20,21,22). The van der Waals surface area contributed by atoms with Gasteiger partial charge in [0.25, 0.3) is 0 Å². The quantitative estimate of drug-likeness (QED) is 0.661. The van der Waals surface area contributed by atoms with E-state index < -0.39 is 11.8 Å². The molecule has 0 amide bonds. The third-order valence-corrected chi connectivity index (χ3v) is 4.30. The van der Waals surface area contributed by atoms with Crippen molar-refractivity contribution in [2.45, 2.75) is 0 Å². The van der Waals surface area contributed by atoms with Crippen molar-refractivity contribution in [1.29, 1.82) is 0 Å². The maximum atomic E-state index is 14.6. The second kappa shape index (κ2) is 7.72. The van der Waals surface area contributed by atoms with E-state index >= 15 is 0 Å². The van der Waals surface area contributed by atoms with Crippen LogP contribution in [0.3, 0.4) is 0 Å². The van der Waals surface area contributed by atoms with Crippen LogP contribution in [-0.2, 0) is 4.74 Å². The Balaban J connectivity index is 1.83. The van der Waals surface area contributed by atoms with Gasteiger partial charge in [0.05, 0.1) is 29.9 Å². The molecule has 0 bridgehead atoms. The Bertz CT molecular complexity index is 1060. The molecule has 0 saturated carbocycles. The van der Waals surface area contributed by atoms with Gasteiger partial charge in [0.15, 0.2) is 11.6 Å². The number of nitrogen functional groups attached to an aromatic ring is 1. The average Bonchev–Trinajstić information content (AvgIpc) is 2.74. The monoisotopic (exact) mass is 397 g/mol. The molecule has 3 heterocycles. The predicted octanol–water partition coefficient (Wildman–Crippen LogP) is 1.25. The number of benzene rings is 1. The summed E-state index contributed by atoms with van der Waals surface area (Å²) in [5, 5.41) is 9.05. The highest BCUT2D eigenvalue weighted by Gasteiger charge is 2.20. The summed E-state index contributed by atoms with van der Waals surface area (Å²) in [7, 11) is 0. The van der Waals surface area contributed by atoms with Crippen LogP contribution in [0.4, 0.5) is 16.3 Å². The number of carbonyl (C=O) groups is 1. The van der Waals surface area contributed by atoms with Crippen LogP contribution in [-0.4, -0.2) is 62.3 Å². The molecule has 10 nitrogen and oxygen atoms in total. The van der Waals surface area contributed by atoms with Crippen molar-refractivity contribution in [3.63, 3.8) is 0 Å². The molecule has 0 aliphatic carbocycles. The molecular weight excluding hydrogens is 381 g/mol. The van der Waals surface area contributed by atoms with E-state index in [1.54, 1.807) is 0 Å². The summed E-state index contributed by atoms with van der Waals surface area (Å²) in [6.07, 6.45) is 2.93. The van der Waals surface area contributed by atoms with Crippen molar-refractivity contribution in [1.82, 2.24) is 24.9 Å². The zero-order chi connectivity index (χ0) is 20.4. The molecule has 1 aliphatic rings. The molecular formula is C18H16FN7O3. The number of carboxylic acids is 1. The van der Waals surface area contributed by atoms with E-state index in [1.807, 2.05) is 4.90 Å². The third-order valence-electron chi connectivity index (χ3n) is 4.30. The third kappa shape index (κ3) is 3.94. The fraction of sp³-hybridized carbons (Fsp3) is 0.222. The maximum Gasteiger partial charge on any atom is 0.335 e. The molecule has 11 heteroatoms. The number of carboxylic acid groups (broad SMARTS) is 1. The van der Waals surface area contributed by atoms with Gasteiger partial charge in [-0.05, 0) is 18.2 Å². The molecule has 3 N–H and O–H groups in total. The zero-order valence-electron chi connectivity index (χ0n) is 15.1. The van der Waals surface area contributed by atoms with Crippen molar-refractivity contribution in [3.8, 4) is 22.8 Å². The van der Waals surface area contributed by atoms with E-state index in [9.17, 15) is 9.18 Å². The molecule has 1 fully saturated rings. The number of rotatable bonds is 4. The normalized spacial score (nSPS) is 14.0. The number of anilines is 2. The van der Waals surface area contributed by atoms with Crippen LogP contribution in [0.1, 0.15) is 10.4 Å². The van der Waals surface area contributed by atoms with Crippen molar-refractivity contribution in [2.75, 3.05) is 36.9 Å². The van der Waals surface area contributed by atoms with Gasteiger partial charge < -0.3 is 20.5 Å². The predicted molar refractivity (Wildman–Crippen MR) is 101 cm³/mol. The van der Waals surface area contributed by atoms with Gasteiger partial charge in [0.1, 0.15) is 5.82 Å². The Morgan fingerprint density at radius 2 is 1.79 bits per heavy atom. The Morgan fingerprint density at radius 3 is 2.45 bits per heavy atom. The molecule has 3 aromatic rings. The molecule has 2 aromatic heterocycles. The van der Waals surface area contributed by atoms with Crippen LogP contribution in [0.15, 0.2) is 30.6 Å². The number of hydrogen-bond acceptors (Lipinski definition) is 9. The number of morpholine rings is 1. The number of aromatic nitrogens is 5. The molecule has 148 valence electrons. The molecule has 1 aliphatic heterocycles. The van der Waals surface area contributed by atoms with Gasteiger partial charge in [-0.1, -0.05) is 0 Å². The largest absolute Gasteiger partial charge is 0.478 e. The van der Waals surface area contributed by atoms with Gasteiger partial charge in [-0.3, -0.25) is 0 Å². The Labute approximate surface area is 164 Å². The van der Waals surface area contributed by atoms with Gasteiger partial charge in [0, 0.05) is 25.5 Å². The molecule has 0 radical (unpaired) electrons. The van der Waals surface area contributed by atoms with E-state index in [2.05, 4.69) is 24.9 Å². The lowest BCUT2D eigenvalue weighted by atomic mass is 10.1.